The van der Waals surface area contributed by atoms with Gasteiger partial charge in [0, 0.05) is 12.4 Å². The van der Waals surface area contributed by atoms with Crippen LogP contribution in [0, 0.1) is 0 Å². The second-order valence-corrected chi connectivity index (χ2v) is 1.26. The Hall–Kier alpha value is -1.25. The van der Waals surface area contributed by atoms with Crippen LogP contribution in [-0.2, 0) is 0 Å². The van der Waals surface area contributed by atoms with Gasteiger partial charge in [0.1, 0.15) is 0 Å². The number of aromatic nitrogens is 2. The van der Waals surface area contributed by atoms with Gasteiger partial charge in [0.25, 0.3) is 0 Å². The van der Waals surface area contributed by atoms with Crippen LogP contribution in [0.5, 0.6) is 0 Å². The summed E-state index contributed by atoms with van der Waals surface area (Å²) in [7, 11) is 0. The molecule has 0 amide bonds. The zero-order chi connectivity index (χ0) is 5.82. The molecule has 0 unspecified atom stereocenters. The average molecular weight is 108 g/mol. The molecule has 1 aromatic heterocycles. The minimum absolute atomic E-state index is 0.171. The van der Waals surface area contributed by atoms with Gasteiger partial charge in [-0.1, -0.05) is 0 Å². The van der Waals surface area contributed by atoms with Crippen molar-refractivity contribution < 1.29 is 0 Å². The van der Waals surface area contributed by atoms with Crippen molar-refractivity contribution in [3.63, 3.8) is 0 Å². The monoisotopic (exact) mass is 108 g/mol. The van der Waals surface area contributed by atoms with E-state index in [1.165, 1.54) is 24.8 Å². The van der Waals surface area contributed by atoms with Crippen LogP contribution in [0.25, 0.3) is 0 Å². The van der Waals surface area contributed by atoms with Crippen molar-refractivity contribution in [3.05, 3.63) is 35.0 Å². The second kappa shape index (κ2) is 2.16. The van der Waals surface area contributed by atoms with Gasteiger partial charge in [-0.05, 0) is 0 Å². The molecule has 1 rings (SSSR count). The zero-order valence-electron chi connectivity index (χ0n) is 4.11. The third-order valence-electron chi connectivity index (χ3n) is 0.642. The van der Waals surface area contributed by atoms with Crippen LogP contribution in [0.2, 0.25) is 0 Å². The maximum absolute atomic E-state index is 10.3. The van der Waals surface area contributed by atoms with Crippen molar-refractivity contribution in [2.45, 2.75) is 0 Å². The predicted molar refractivity (Wildman–Crippen MR) is 28.3 cm³/mol. The highest BCUT2D eigenvalue weighted by atomic mass is 16.1. The molecule has 8 heavy (non-hydrogen) atoms. The molecule has 0 N–H and O–H groups in total. The number of rotatable bonds is 0. The molecular weight excluding hydrogens is 104 g/mol. The van der Waals surface area contributed by atoms with E-state index in [-0.39, 0.29) is 5.43 Å². The Morgan fingerprint density at radius 2 is 1.62 bits per heavy atom. The first kappa shape index (κ1) is 4.90. The third-order valence-corrected chi connectivity index (χ3v) is 0.642. The lowest BCUT2D eigenvalue weighted by molar-refractivity contribution is 1.32. The maximum atomic E-state index is 10.3. The highest BCUT2D eigenvalue weighted by molar-refractivity contribution is 4.79. The third kappa shape index (κ3) is 1.11. The van der Waals surface area contributed by atoms with Crippen molar-refractivity contribution >= 4 is 0 Å². The van der Waals surface area contributed by atoms with Crippen molar-refractivity contribution in [2.24, 2.45) is 0 Å². The number of hydrogen-bond acceptors (Lipinski definition) is 3. The average Bonchev–Trinajstić information content (AvgIpc) is 1.94. The minimum Gasteiger partial charge on any atom is -0.286 e. The van der Waals surface area contributed by atoms with Gasteiger partial charge in [-0.15, -0.1) is 0 Å². The summed E-state index contributed by atoms with van der Waals surface area (Å²) >= 11 is 0. The van der Waals surface area contributed by atoms with E-state index in [0.29, 0.717) is 0 Å². The Morgan fingerprint density at radius 3 is 2.12 bits per heavy atom. The van der Waals surface area contributed by atoms with Gasteiger partial charge in [0.15, 0.2) is 0 Å². The summed E-state index contributed by atoms with van der Waals surface area (Å²) < 4.78 is 0. The fraction of sp³-hybridized carbons (Fsp3) is 0. The Kier molecular flexibility index (Phi) is 1.32. The van der Waals surface area contributed by atoms with Crippen molar-refractivity contribution in [1.29, 1.82) is 0 Å². The van der Waals surface area contributed by atoms with Gasteiger partial charge >= 0.3 is 0 Å². The number of hydrogen-bond donors (Lipinski definition) is 0. The van der Waals surface area contributed by atoms with Crippen molar-refractivity contribution in [2.75, 3.05) is 0 Å². The molecule has 0 saturated heterocycles. The highest BCUT2D eigenvalue weighted by Gasteiger charge is 1.71. The lowest BCUT2D eigenvalue weighted by atomic mass is 10.7. The molecule has 3 nitrogen and oxygen atoms in total. The van der Waals surface area contributed by atoms with E-state index in [4.69, 9.17) is 0 Å². The van der Waals surface area contributed by atoms with Crippen LogP contribution in [0.1, 0.15) is 0 Å². The molecule has 0 atom stereocenters. The van der Waals surface area contributed by atoms with E-state index in [0.717, 1.165) is 0 Å². The van der Waals surface area contributed by atoms with Crippen molar-refractivity contribution in [3.8, 4) is 0 Å². The molecule has 0 spiro atoms. The Labute approximate surface area is 46.0 Å². The largest absolute Gasteiger partial charge is 0.286 e. The van der Waals surface area contributed by atoms with E-state index in [9.17, 15) is 4.79 Å². The van der Waals surface area contributed by atoms with E-state index in [2.05, 4.69) is 9.97 Å². The van der Waals surface area contributed by atoms with Gasteiger partial charge in [-0.2, -0.15) is 0 Å². The summed E-state index contributed by atoms with van der Waals surface area (Å²) in [6.45, 7) is 0. The summed E-state index contributed by atoms with van der Waals surface area (Å²) in [5, 5.41) is 0. The first-order valence-electron chi connectivity index (χ1n) is 2.15. The Morgan fingerprint density at radius 1 is 1.12 bits per heavy atom. The number of nitrogens with zero attached hydrogens (tertiary/aromatic N) is 2. The molecule has 0 aromatic carbocycles. The van der Waals surface area contributed by atoms with Crippen LogP contribution in [-0.4, -0.2) is 9.97 Å². The van der Waals surface area contributed by atoms with Crippen molar-refractivity contribution in [1.82, 2.24) is 9.97 Å². The standard InChI is InChI=1S/C5H4N2O/c8-5-3-6-1-2-7-4-5/h1-4H. The molecule has 1 aromatic rings. The Bertz CT molecular complexity index is 201. The lowest BCUT2D eigenvalue weighted by Gasteiger charge is -1.55. The molecule has 0 aliphatic heterocycles. The minimum atomic E-state index is -0.171. The molecule has 1 heterocycles. The molecule has 0 radical (unpaired) electrons. The molecule has 0 aliphatic carbocycles. The van der Waals surface area contributed by atoms with Gasteiger partial charge in [0.2, 0.25) is 5.43 Å². The molecule has 0 aliphatic rings. The quantitative estimate of drug-likeness (QED) is 0.463. The molecule has 0 bridgehead atoms. The van der Waals surface area contributed by atoms with Crippen LogP contribution in [0.15, 0.2) is 29.6 Å². The summed E-state index contributed by atoms with van der Waals surface area (Å²) in [6, 6.07) is 0. The van der Waals surface area contributed by atoms with E-state index >= 15 is 0 Å². The molecule has 40 valence electrons. The summed E-state index contributed by atoms with van der Waals surface area (Å²) in [6.07, 6.45) is 5.35. The van der Waals surface area contributed by atoms with Crippen LogP contribution in [0.4, 0.5) is 0 Å². The first-order chi connectivity index (χ1) is 3.89. The lowest BCUT2D eigenvalue weighted by Crippen LogP contribution is -1.91. The smallest absolute Gasteiger partial charge is 0.214 e. The molecule has 3 heteroatoms. The van der Waals surface area contributed by atoms with Crippen LogP contribution in [0.3, 0.4) is 0 Å². The zero-order valence-corrected chi connectivity index (χ0v) is 4.11. The second-order valence-electron chi connectivity index (χ2n) is 1.26. The Balaban J connectivity index is 3.32. The summed E-state index contributed by atoms with van der Waals surface area (Å²) in [5.41, 5.74) is -0.171. The van der Waals surface area contributed by atoms with Gasteiger partial charge in [0.05, 0.1) is 12.4 Å². The van der Waals surface area contributed by atoms with Gasteiger partial charge in [-0.25, -0.2) is 0 Å². The topological polar surface area (TPSA) is 42.9 Å². The van der Waals surface area contributed by atoms with Crippen LogP contribution < -0.4 is 5.43 Å². The fourth-order valence-electron chi connectivity index (χ4n) is 0.343. The summed E-state index contributed by atoms with van der Waals surface area (Å²) in [5.74, 6) is 0. The van der Waals surface area contributed by atoms with Gasteiger partial charge in [-0.3, -0.25) is 14.8 Å². The van der Waals surface area contributed by atoms with Crippen LogP contribution >= 0.6 is 0 Å². The highest BCUT2D eigenvalue weighted by Crippen LogP contribution is 1.60. The van der Waals surface area contributed by atoms with E-state index < -0.39 is 0 Å². The van der Waals surface area contributed by atoms with E-state index in [1.54, 1.807) is 0 Å². The molecule has 0 fully saturated rings. The SMILES string of the molecule is O=c1cnccnc1. The molecular formula is C5H4N2O. The first-order valence-corrected chi connectivity index (χ1v) is 2.15. The maximum Gasteiger partial charge on any atom is 0.214 e. The predicted octanol–water partition coefficient (Wildman–Crippen LogP) is -0.163. The fourth-order valence-corrected chi connectivity index (χ4v) is 0.343. The van der Waals surface area contributed by atoms with E-state index in [1.807, 2.05) is 0 Å². The molecule has 0 saturated carbocycles. The normalized spacial score (nSPS) is 8.50. The summed E-state index contributed by atoms with van der Waals surface area (Å²) in [4.78, 5) is 17.5. The van der Waals surface area contributed by atoms with Gasteiger partial charge < -0.3 is 0 Å².